The summed E-state index contributed by atoms with van der Waals surface area (Å²) in [5, 5.41) is 9.25. The predicted molar refractivity (Wildman–Crippen MR) is 138 cm³/mol. The SMILES string of the molecule is CCOC(=O)CNC(=O)Nc1ccccc1NC1C[C@H]2CCC[C@@H](C1)N2C1C[C@H]2CCC[C@@H](C1)C2. The van der Waals surface area contributed by atoms with Crippen molar-refractivity contribution in [1.29, 1.82) is 0 Å². The van der Waals surface area contributed by atoms with Gasteiger partial charge < -0.3 is 20.7 Å². The van der Waals surface area contributed by atoms with Crippen molar-refractivity contribution in [2.75, 3.05) is 23.8 Å². The fraction of sp³-hybridized carbons (Fsp3) is 0.714. The summed E-state index contributed by atoms with van der Waals surface area (Å²) in [6, 6.07) is 10.0. The van der Waals surface area contributed by atoms with Gasteiger partial charge in [0, 0.05) is 24.2 Å². The molecule has 2 unspecified atom stereocenters. The minimum absolute atomic E-state index is 0.139. The third-order valence-corrected chi connectivity index (χ3v) is 8.79. The first-order chi connectivity index (χ1) is 17.1. The molecule has 2 saturated heterocycles. The van der Waals surface area contributed by atoms with Crippen LogP contribution in [0.1, 0.15) is 77.6 Å². The molecule has 7 heteroatoms. The Labute approximate surface area is 209 Å². The molecule has 6 atom stereocenters. The van der Waals surface area contributed by atoms with Crippen LogP contribution in [0.4, 0.5) is 16.2 Å². The van der Waals surface area contributed by atoms with E-state index in [4.69, 9.17) is 4.74 Å². The summed E-state index contributed by atoms with van der Waals surface area (Å²) in [4.78, 5) is 26.9. The first-order valence-electron chi connectivity index (χ1n) is 13.9. The number of para-hydroxylation sites is 2. The van der Waals surface area contributed by atoms with E-state index in [-0.39, 0.29) is 6.54 Å². The zero-order chi connectivity index (χ0) is 24.2. The molecule has 2 amide bonds. The molecule has 2 aliphatic heterocycles. The molecule has 2 saturated carbocycles. The Kier molecular flexibility index (Phi) is 7.81. The van der Waals surface area contributed by atoms with E-state index < -0.39 is 12.0 Å². The summed E-state index contributed by atoms with van der Waals surface area (Å²) < 4.78 is 4.88. The number of benzene rings is 1. The Morgan fingerprint density at radius 2 is 1.54 bits per heavy atom. The number of nitrogens with zero attached hydrogens (tertiary/aromatic N) is 1. The number of amides is 2. The average Bonchev–Trinajstić information content (AvgIpc) is 2.83. The molecule has 5 rings (SSSR count). The minimum atomic E-state index is -0.436. The largest absolute Gasteiger partial charge is 0.465 e. The second-order valence-corrected chi connectivity index (χ2v) is 11.2. The van der Waals surface area contributed by atoms with Gasteiger partial charge >= 0.3 is 12.0 Å². The molecule has 7 nitrogen and oxygen atoms in total. The third-order valence-electron chi connectivity index (χ3n) is 8.79. The Morgan fingerprint density at radius 3 is 2.23 bits per heavy atom. The predicted octanol–water partition coefficient (Wildman–Crippen LogP) is 5.14. The zero-order valence-corrected chi connectivity index (χ0v) is 21.1. The molecule has 3 N–H and O–H groups in total. The van der Waals surface area contributed by atoms with Crippen LogP contribution >= 0.6 is 0 Å². The van der Waals surface area contributed by atoms with Gasteiger partial charge in [0.15, 0.2) is 0 Å². The number of piperidine rings is 2. The van der Waals surface area contributed by atoms with E-state index in [2.05, 4.69) is 20.9 Å². The highest BCUT2D eigenvalue weighted by Crippen LogP contribution is 2.46. The number of hydrogen-bond donors (Lipinski definition) is 3. The summed E-state index contributed by atoms with van der Waals surface area (Å²) in [6.45, 7) is 1.91. The van der Waals surface area contributed by atoms with Gasteiger partial charge in [0.2, 0.25) is 0 Å². The van der Waals surface area contributed by atoms with Gasteiger partial charge in [-0.3, -0.25) is 9.69 Å². The highest BCUT2D eigenvalue weighted by Gasteiger charge is 2.44. The Hall–Kier alpha value is -2.28. The van der Waals surface area contributed by atoms with Gasteiger partial charge in [-0.25, -0.2) is 4.79 Å². The molecule has 2 heterocycles. The first kappa shape index (κ1) is 24.4. The lowest BCUT2D eigenvalue weighted by Crippen LogP contribution is -2.60. The number of fused-ring (bicyclic) bond motifs is 4. The zero-order valence-electron chi connectivity index (χ0n) is 21.1. The van der Waals surface area contributed by atoms with Gasteiger partial charge in [-0.1, -0.05) is 37.8 Å². The second kappa shape index (κ2) is 11.2. The van der Waals surface area contributed by atoms with Gasteiger partial charge in [0.05, 0.1) is 18.0 Å². The molecule has 192 valence electrons. The van der Waals surface area contributed by atoms with Crippen LogP contribution in [0.25, 0.3) is 0 Å². The molecular weight excluding hydrogens is 440 g/mol. The smallest absolute Gasteiger partial charge is 0.325 e. The summed E-state index contributed by atoms with van der Waals surface area (Å²) in [6.07, 6.45) is 15.0. The average molecular weight is 483 g/mol. The maximum Gasteiger partial charge on any atom is 0.325 e. The molecular formula is C28H42N4O3. The fourth-order valence-electron chi connectivity index (χ4n) is 7.54. The van der Waals surface area contributed by atoms with Gasteiger partial charge in [0.1, 0.15) is 6.54 Å². The van der Waals surface area contributed by atoms with Crippen molar-refractivity contribution in [3.8, 4) is 0 Å². The number of urea groups is 1. The number of rotatable bonds is 7. The monoisotopic (exact) mass is 482 g/mol. The van der Waals surface area contributed by atoms with Crippen molar-refractivity contribution < 1.29 is 14.3 Å². The highest BCUT2D eigenvalue weighted by atomic mass is 16.5. The van der Waals surface area contributed by atoms with E-state index in [0.717, 1.165) is 29.3 Å². The quantitative estimate of drug-likeness (QED) is 0.469. The molecule has 0 radical (unpaired) electrons. The Bertz CT molecular complexity index is 867. The van der Waals surface area contributed by atoms with Crippen molar-refractivity contribution in [2.45, 2.75) is 102 Å². The lowest BCUT2D eigenvalue weighted by atomic mass is 9.68. The number of esters is 1. The lowest BCUT2D eigenvalue weighted by Gasteiger charge is -2.55. The first-order valence-corrected chi connectivity index (χ1v) is 13.9. The second-order valence-electron chi connectivity index (χ2n) is 11.2. The van der Waals surface area contributed by atoms with Crippen molar-refractivity contribution >= 4 is 23.4 Å². The van der Waals surface area contributed by atoms with E-state index >= 15 is 0 Å². The van der Waals surface area contributed by atoms with Gasteiger partial charge in [0.25, 0.3) is 0 Å². The molecule has 1 aromatic carbocycles. The lowest BCUT2D eigenvalue weighted by molar-refractivity contribution is -0.141. The number of hydrogen-bond acceptors (Lipinski definition) is 5. The summed E-state index contributed by atoms with van der Waals surface area (Å²) >= 11 is 0. The van der Waals surface area contributed by atoms with E-state index in [1.165, 1.54) is 70.6 Å². The van der Waals surface area contributed by atoms with Gasteiger partial charge in [-0.15, -0.1) is 0 Å². The van der Waals surface area contributed by atoms with E-state index in [0.29, 0.717) is 24.7 Å². The van der Waals surface area contributed by atoms with E-state index in [1.54, 1.807) is 6.92 Å². The van der Waals surface area contributed by atoms with Gasteiger partial charge in [-0.05, 0) is 75.8 Å². The number of nitrogens with one attached hydrogen (secondary N) is 3. The Balaban J connectivity index is 1.20. The molecule has 4 fully saturated rings. The van der Waals surface area contributed by atoms with Crippen LogP contribution in [0.5, 0.6) is 0 Å². The molecule has 4 bridgehead atoms. The van der Waals surface area contributed by atoms with Crippen LogP contribution in [0, 0.1) is 11.8 Å². The standard InChI is InChI=1S/C28H42N4O3/c1-2-35-27(33)18-29-28(34)31-26-12-4-3-11-25(26)30-21-16-22-9-6-10-23(17-21)32(22)24-14-19-7-5-8-20(13-19)15-24/h3-4,11-12,19-24,30H,2,5-10,13-18H2,1H3,(H2,29,31,34)/t19-,20+,21?,22-,23+,24?. The minimum Gasteiger partial charge on any atom is -0.465 e. The highest BCUT2D eigenvalue weighted by molar-refractivity contribution is 5.94. The molecule has 1 aromatic rings. The van der Waals surface area contributed by atoms with E-state index in [1.807, 2.05) is 24.3 Å². The van der Waals surface area contributed by atoms with Crippen LogP contribution in [0.3, 0.4) is 0 Å². The maximum absolute atomic E-state index is 12.4. The van der Waals surface area contributed by atoms with Crippen LogP contribution in [-0.4, -0.2) is 54.2 Å². The van der Waals surface area contributed by atoms with Crippen LogP contribution in [0.15, 0.2) is 24.3 Å². The van der Waals surface area contributed by atoms with Crippen molar-refractivity contribution in [1.82, 2.24) is 10.2 Å². The summed E-state index contributed by atoms with van der Waals surface area (Å²) in [5.41, 5.74) is 1.68. The number of carbonyl (C=O) groups is 2. The fourth-order valence-corrected chi connectivity index (χ4v) is 7.54. The molecule has 0 aromatic heterocycles. The number of ether oxygens (including phenoxy) is 1. The van der Waals surface area contributed by atoms with E-state index in [9.17, 15) is 9.59 Å². The summed E-state index contributed by atoms with van der Waals surface area (Å²) in [7, 11) is 0. The van der Waals surface area contributed by atoms with Crippen molar-refractivity contribution in [3.63, 3.8) is 0 Å². The molecule has 4 aliphatic rings. The molecule has 35 heavy (non-hydrogen) atoms. The summed E-state index contributed by atoms with van der Waals surface area (Å²) in [5.74, 6) is 1.50. The maximum atomic E-state index is 12.4. The number of anilines is 2. The molecule has 2 aliphatic carbocycles. The Morgan fingerprint density at radius 1 is 0.886 bits per heavy atom. The number of carbonyl (C=O) groups excluding carboxylic acids is 2. The van der Waals surface area contributed by atoms with Crippen molar-refractivity contribution in [3.05, 3.63) is 24.3 Å². The van der Waals surface area contributed by atoms with Crippen molar-refractivity contribution in [2.24, 2.45) is 11.8 Å². The third kappa shape index (κ3) is 5.93. The van der Waals surface area contributed by atoms with Gasteiger partial charge in [-0.2, -0.15) is 0 Å². The normalized spacial score (nSPS) is 32.4. The van der Waals surface area contributed by atoms with Crippen LogP contribution < -0.4 is 16.0 Å². The van der Waals surface area contributed by atoms with Crippen LogP contribution in [0.2, 0.25) is 0 Å². The van der Waals surface area contributed by atoms with Crippen LogP contribution in [-0.2, 0) is 9.53 Å². The molecule has 0 spiro atoms. The topological polar surface area (TPSA) is 82.7 Å².